The summed E-state index contributed by atoms with van der Waals surface area (Å²) in [6.45, 7) is 0. The molecule has 0 bridgehead atoms. The molecule has 0 aliphatic rings. The molecule has 0 saturated heterocycles. The Morgan fingerprint density at radius 2 is 2.31 bits per heavy atom. The first-order valence-electron chi connectivity index (χ1n) is 4.41. The van der Waals surface area contributed by atoms with Crippen LogP contribution in [0.2, 0.25) is 0 Å². The minimum absolute atomic E-state index is 0.172. The van der Waals surface area contributed by atoms with E-state index in [0.29, 0.717) is 5.69 Å². The lowest BCUT2D eigenvalue weighted by Gasteiger charge is -2.03. The lowest BCUT2D eigenvalue weighted by Crippen LogP contribution is -1.96. The number of nitro groups is 1. The standard InChI is InChI=1S/C9H8N4O3/c1-12-8(2-3-11-12)7-4-6(13(15)16)5-10-9(7)14/h2-5H,1H3,(H,10,14). The molecule has 2 aromatic rings. The lowest BCUT2D eigenvalue weighted by atomic mass is 10.2. The Kier molecular flexibility index (Phi) is 2.28. The highest BCUT2D eigenvalue weighted by atomic mass is 16.6. The van der Waals surface area contributed by atoms with E-state index in [1.807, 2.05) is 0 Å². The highest BCUT2D eigenvalue weighted by Gasteiger charge is 2.15. The van der Waals surface area contributed by atoms with Gasteiger partial charge >= 0.3 is 0 Å². The van der Waals surface area contributed by atoms with Crippen LogP contribution >= 0.6 is 0 Å². The highest BCUT2D eigenvalue weighted by molar-refractivity contribution is 5.67. The quantitative estimate of drug-likeness (QED) is 0.604. The fraction of sp³-hybridized carbons (Fsp3) is 0.111. The SMILES string of the molecule is Cn1nccc1-c1cc([N+](=O)[O-])cnc1O. The number of hydrogen-bond donors (Lipinski definition) is 1. The second-order valence-corrected chi connectivity index (χ2v) is 3.16. The molecule has 2 heterocycles. The summed E-state index contributed by atoms with van der Waals surface area (Å²) in [6, 6.07) is 2.90. The summed E-state index contributed by atoms with van der Waals surface area (Å²) in [5.74, 6) is -0.255. The fourth-order valence-corrected chi connectivity index (χ4v) is 1.37. The maximum Gasteiger partial charge on any atom is 0.288 e. The summed E-state index contributed by atoms with van der Waals surface area (Å²) in [5.41, 5.74) is 0.678. The molecule has 0 fully saturated rings. The van der Waals surface area contributed by atoms with Gasteiger partial charge in [0, 0.05) is 19.3 Å². The number of hydrogen-bond acceptors (Lipinski definition) is 5. The Morgan fingerprint density at radius 3 is 2.88 bits per heavy atom. The molecule has 0 saturated carbocycles. The van der Waals surface area contributed by atoms with Crippen LogP contribution in [0, 0.1) is 10.1 Å². The van der Waals surface area contributed by atoms with Gasteiger partial charge in [-0.2, -0.15) is 5.10 Å². The zero-order valence-corrected chi connectivity index (χ0v) is 8.36. The Bertz CT molecular complexity index is 549. The first kappa shape index (κ1) is 10.1. The molecular formula is C9H8N4O3. The Labute approximate surface area is 90.1 Å². The van der Waals surface area contributed by atoms with Gasteiger partial charge in [0.2, 0.25) is 5.88 Å². The van der Waals surface area contributed by atoms with Gasteiger partial charge in [0.15, 0.2) is 0 Å². The minimum Gasteiger partial charge on any atom is -0.493 e. The zero-order valence-electron chi connectivity index (χ0n) is 8.36. The van der Waals surface area contributed by atoms with Crippen molar-refractivity contribution >= 4 is 5.69 Å². The van der Waals surface area contributed by atoms with Crippen molar-refractivity contribution in [3.8, 4) is 17.1 Å². The first-order chi connectivity index (χ1) is 7.59. The molecule has 2 aromatic heterocycles. The van der Waals surface area contributed by atoms with Crippen molar-refractivity contribution in [3.05, 3.63) is 34.6 Å². The summed E-state index contributed by atoms with van der Waals surface area (Å²) < 4.78 is 1.50. The van der Waals surface area contributed by atoms with Gasteiger partial charge < -0.3 is 5.11 Å². The molecule has 0 aliphatic carbocycles. The van der Waals surface area contributed by atoms with Crippen LogP contribution in [0.5, 0.6) is 5.88 Å². The number of rotatable bonds is 2. The van der Waals surface area contributed by atoms with E-state index in [9.17, 15) is 15.2 Å². The summed E-state index contributed by atoms with van der Waals surface area (Å²) in [7, 11) is 1.67. The second-order valence-electron chi connectivity index (χ2n) is 3.16. The summed E-state index contributed by atoms with van der Waals surface area (Å²) in [6.07, 6.45) is 2.54. The van der Waals surface area contributed by atoms with Crippen LogP contribution in [0.3, 0.4) is 0 Å². The molecule has 7 nitrogen and oxygen atoms in total. The number of aromatic hydroxyl groups is 1. The maximum atomic E-state index is 10.6. The summed E-state index contributed by atoms with van der Waals surface area (Å²) >= 11 is 0. The third-order valence-electron chi connectivity index (χ3n) is 2.16. The van der Waals surface area contributed by atoms with Crippen LogP contribution in [0.25, 0.3) is 11.3 Å². The maximum absolute atomic E-state index is 10.6. The van der Waals surface area contributed by atoms with Gasteiger partial charge in [-0.3, -0.25) is 14.8 Å². The monoisotopic (exact) mass is 220 g/mol. The van der Waals surface area contributed by atoms with E-state index in [1.54, 1.807) is 13.1 Å². The Hall–Kier alpha value is -2.44. The largest absolute Gasteiger partial charge is 0.493 e. The smallest absolute Gasteiger partial charge is 0.288 e. The zero-order chi connectivity index (χ0) is 11.7. The van der Waals surface area contributed by atoms with Crippen LogP contribution in [-0.4, -0.2) is 24.8 Å². The van der Waals surface area contributed by atoms with E-state index in [1.165, 1.54) is 16.9 Å². The van der Waals surface area contributed by atoms with Crippen molar-refractivity contribution in [1.29, 1.82) is 0 Å². The number of nitrogens with zero attached hydrogens (tertiary/aromatic N) is 4. The molecule has 2 rings (SSSR count). The molecule has 0 atom stereocenters. The van der Waals surface area contributed by atoms with Crippen molar-refractivity contribution in [2.24, 2.45) is 7.05 Å². The number of aromatic nitrogens is 3. The number of aryl methyl sites for hydroxylation is 1. The number of pyridine rings is 1. The average Bonchev–Trinajstić information content (AvgIpc) is 2.65. The molecule has 0 spiro atoms. The lowest BCUT2D eigenvalue weighted by molar-refractivity contribution is -0.385. The van der Waals surface area contributed by atoms with Gasteiger partial charge in [0.05, 0.1) is 16.2 Å². The van der Waals surface area contributed by atoms with Crippen molar-refractivity contribution in [2.75, 3.05) is 0 Å². The summed E-state index contributed by atoms with van der Waals surface area (Å²) in [5, 5.41) is 24.0. The second kappa shape index (κ2) is 3.61. The van der Waals surface area contributed by atoms with E-state index in [2.05, 4.69) is 10.1 Å². The molecular weight excluding hydrogens is 212 g/mol. The average molecular weight is 220 g/mol. The molecule has 0 unspecified atom stereocenters. The van der Waals surface area contributed by atoms with Crippen molar-refractivity contribution in [3.63, 3.8) is 0 Å². The first-order valence-corrected chi connectivity index (χ1v) is 4.41. The van der Waals surface area contributed by atoms with Gasteiger partial charge in [0.25, 0.3) is 5.69 Å². The molecule has 7 heteroatoms. The molecule has 0 amide bonds. The Balaban J connectivity index is 2.60. The van der Waals surface area contributed by atoms with E-state index >= 15 is 0 Å². The molecule has 16 heavy (non-hydrogen) atoms. The predicted octanol–water partition coefficient (Wildman–Crippen LogP) is 1.10. The van der Waals surface area contributed by atoms with Crippen LogP contribution < -0.4 is 0 Å². The third kappa shape index (κ3) is 1.58. The van der Waals surface area contributed by atoms with Gasteiger partial charge in [-0.25, -0.2) is 4.98 Å². The van der Waals surface area contributed by atoms with Crippen molar-refractivity contribution in [2.45, 2.75) is 0 Å². The van der Waals surface area contributed by atoms with E-state index in [-0.39, 0.29) is 17.1 Å². The molecule has 0 aliphatic heterocycles. The van der Waals surface area contributed by atoms with Gasteiger partial charge in [-0.1, -0.05) is 0 Å². The predicted molar refractivity (Wildman–Crippen MR) is 54.8 cm³/mol. The van der Waals surface area contributed by atoms with E-state index in [4.69, 9.17) is 0 Å². The molecule has 0 aromatic carbocycles. The molecule has 1 N–H and O–H groups in total. The Morgan fingerprint density at radius 1 is 1.56 bits per heavy atom. The van der Waals surface area contributed by atoms with Gasteiger partial charge in [-0.05, 0) is 6.07 Å². The van der Waals surface area contributed by atoms with Crippen LogP contribution in [0.4, 0.5) is 5.69 Å². The van der Waals surface area contributed by atoms with Crippen LogP contribution in [-0.2, 0) is 7.05 Å². The minimum atomic E-state index is -0.563. The van der Waals surface area contributed by atoms with Gasteiger partial charge in [0.1, 0.15) is 6.20 Å². The van der Waals surface area contributed by atoms with Crippen molar-refractivity contribution in [1.82, 2.24) is 14.8 Å². The molecule has 0 radical (unpaired) electrons. The van der Waals surface area contributed by atoms with Crippen molar-refractivity contribution < 1.29 is 10.0 Å². The van der Waals surface area contributed by atoms with Gasteiger partial charge in [-0.15, -0.1) is 0 Å². The topological polar surface area (TPSA) is 94.1 Å². The highest BCUT2D eigenvalue weighted by Crippen LogP contribution is 2.29. The molecule has 82 valence electrons. The third-order valence-corrected chi connectivity index (χ3v) is 2.16. The van der Waals surface area contributed by atoms with E-state index in [0.717, 1.165) is 6.20 Å². The van der Waals surface area contributed by atoms with Crippen LogP contribution in [0.15, 0.2) is 24.5 Å². The van der Waals surface area contributed by atoms with Crippen LogP contribution in [0.1, 0.15) is 0 Å². The normalized spacial score (nSPS) is 10.3. The summed E-state index contributed by atoms with van der Waals surface area (Å²) in [4.78, 5) is 13.6. The van der Waals surface area contributed by atoms with E-state index < -0.39 is 4.92 Å². The fourth-order valence-electron chi connectivity index (χ4n) is 1.37.